The topological polar surface area (TPSA) is 39.7 Å². The lowest BCUT2D eigenvalue weighted by Gasteiger charge is -2.36. The highest BCUT2D eigenvalue weighted by atomic mass is 16.5. The van der Waals surface area contributed by atoms with Gasteiger partial charge in [0.1, 0.15) is 0 Å². The van der Waals surface area contributed by atoms with Gasteiger partial charge in [-0.25, -0.2) is 0 Å². The summed E-state index contributed by atoms with van der Waals surface area (Å²) in [6.45, 7) is 19.4. The van der Waals surface area contributed by atoms with E-state index in [4.69, 9.17) is 14.2 Å². The van der Waals surface area contributed by atoms with Crippen LogP contribution in [-0.2, 0) is 14.2 Å². The molecule has 0 aromatic carbocycles. The van der Waals surface area contributed by atoms with E-state index in [0.29, 0.717) is 25.9 Å². The highest BCUT2D eigenvalue weighted by Gasteiger charge is 2.33. The summed E-state index contributed by atoms with van der Waals surface area (Å²) in [5.41, 5.74) is -0.150. The van der Waals surface area contributed by atoms with Crippen molar-refractivity contribution in [3.8, 4) is 0 Å². The summed E-state index contributed by atoms with van der Waals surface area (Å²) in [4.78, 5) is 0. The Morgan fingerprint density at radius 3 is 1.24 bits per heavy atom. The molecule has 21 heavy (non-hydrogen) atoms. The average molecular weight is 303 g/mol. The molecule has 0 aliphatic heterocycles. The zero-order valence-electron chi connectivity index (χ0n) is 15.4. The lowest BCUT2D eigenvalue weighted by atomic mass is 9.90. The van der Waals surface area contributed by atoms with Crippen molar-refractivity contribution in [3.63, 3.8) is 0 Å². The van der Waals surface area contributed by atoms with Gasteiger partial charge in [0.15, 0.2) is 0 Å². The predicted molar refractivity (Wildman–Crippen MR) is 88.8 cm³/mol. The van der Waals surface area contributed by atoms with Gasteiger partial charge in [0.05, 0.1) is 43.5 Å². The Labute approximate surface area is 131 Å². The summed E-state index contributed by atoms with van der Waals surface area (Å²) in [5, 5.41) is 3.52. The molecule has 4 nitrogen and oxygen atoms in total. The first kappa shape index (κ1) is 20.8. The Kier molecular flexibility index (Phi) is 10.5. The standard InChI is InChI=1S/C17H37NO3/c1-13(2)18-9-17(10-19-14(3)4,11-20-15(5)6)12-21-16(7)8/h13-16,18H,9-12H2,1-8H3. The minimum atomic E-state index is -0.150. The monoisotopic (exact) mass is 303 g/mol. The molecule has 0 atom stereocenters. The average Bonchev–Trinajstić information content (AvgIpc) is 2.36. The van der Waals surface area contributed by atoms with Crippen molar-refractivity contribution < 1.29 is 14.2 Å². The van der Waals surface area contributed by atoms with Gasteiger partial charge in [-0.2, -0.15) is 0 Å². The summed E-state index contributed by atoms with van der Waals surface area (Å²) in [5.74, 6) is 0. The van der Waals surface area contributed by atoms with Crippen molar-refractivity contribution in [1.82, 2.24) is 5.32 Å². The van der Waals surface area contributed by atoms with Crippen LogP contribution in [0.4, 0.5) is 0 Å². The van der Waals surface area contributed by atoms with Crippen LogP contribution in [0.15, 0.2) is 0 Å². The second-order valence-electron chi connectivity index (χ2n) is 7.11. The third-order valence-electron chi connectivity index (χ3n) is 3.05. The van der Waals surface area contributed by atoms with Crippen LogP contribution in [0.25, 0.3) is 0 Å². The Morgan fingerprint density at radius 2 is 1.00 bits per heavy atom. The van der Waals surface area contributed by atoms with E-state index in [0.717, 1.165) is 6.54 Å². The molecule has 0 unspecified atom stereocenters. The second kappa shape index (κ2) is 10.5. The van der Waals surface area contributed by atoms with Crippen LogP contribution in [0, 0.1) is 5.41 Å². The molecule has 128 valence electrons. The highest BCUT2D eigenvalue weighted by Crippen LogP contribution is 2.21. The highest BCUT2D eigenvalue weighted by molar-refractivity contribution is 4.83. The largest absolute Gasteiger partial charge is 0.378 e. The van der Waals surface area contributed by atoms with E-state index in [-0.39, 0.29) is 23.7 Å². The van der Waals surface area contributed by atoms with Crippen molar-refractivity contribution >= 4 is 0 Å². The summed E-state index contributed by atoms with van der Waals surface area (Å²) >= 11 is 0. The maximum absolute atomic E-state index is 5.90. The lowest BCUT2D eigenvalue weighted by molar-refractivity contribution is -0.1000. The molecule has 0 amide bonds. The first-order chi connectivity index (χ1) is 9.67. The molecule has 0 aromatic heterocycles. The minimum absolute atomic E-state index is 0.150. The van der Waals surface area contributed by atoms with Gasteiger partial charge in [-0.15, -0.1) is 0 Å². The summed E-state index contributed by atoms with van der Waals surface area (Å²) in [7, 11) is 0. The molecule has 1 N–H and O–H groups in total. The molecular formula is C17H37NO3. The van der Waals surface area contributed by atoms with Crippen LogP contribution in [0.5, 0.6) is 0 Å². The molecule has 0 aliphatic carbocycles. The van der Waals surface area contributed by atoms with Gasteiger partial charge in [0.2, 0.25) is 0 Å². The van der Waals surface area contributed by atoms with Gasteiger partial charge >= 0.3 is 0 Å². The first-order valence-corrected chi connectivity index (χ1v) is 8.25. The van der Waals surface area contributed by atoms with Crippen molar-refractivity contribution in [3.05, 3.63) is 0 Å². The molecule has 0 saturated carbocycles. The third-order valence-corrected chi connectivity index (χ3v) is 3.05. The maximum atomic E-state index is 5.90. The molecule has 0 heterocycles. The van der Waals surface area contributed by atoms with Crippen LogP contribution in [0.3, 0.4) is 0 Å². The van der Waals surface area contributed by atoms with Crippen LogP contribution in [0.2, 0.25) is 0 Å². The van der Waals surface area contributed by atoms with Crippen molar-refractivity contribution in [2.45, 2.75) is 79.7 Å². The van der Waals surface area contributed by atoms with E-state index in [9.17, 15) is 0 Å². The molecule has 0 spiro atoms. The Balaban J connectivity index is 4.85. The molecule has 0 aliphatic rings. The van der Waals surface area contributed by atoms with Crippen LogP contribution < -0.4 is 5.32 Å². The van der Waals surface area contributed by atoms with Crippen molar-refractivity contribution in [2.75, 3.05) is 26.4 Å². The minimum Gasteiger partial charge on any atom is -0.378 e. The molecule has 0 bridgehead atoms. The predicted octanol–water partition coefficient (Wildman–Crippen LogP) is 3.25. The molecular weight excluding hydrogens is 266 g/mol. The van der Waals surface area contributed by atoms with Crippen molar-refractivity contribution in [2.24, 2.45) is 5.41 Å². The van der Waals surface area contributed by atoms with Gasteiger partial charge in [-0.1, -0.05) is 13.8 Å². The molecule has 0 rings (SSSR count). The van der Waals surface area contributed by atoms with E-state index < -0.39 is 0 Å². The summed E-state index contributed by atoms with van der Waals surface area (Å²) in [6, 6.07) is 0.432. The van der Waals surface area contributed by atoms with E-state index >= 15 is 0 Å². The normalized spacial score (nSPS) is 13.1. The van der Waals surface area contributed by atoms with E-state index in [1.54, 1.807) is 0 Å². The number of nitrogens with one attached hydrogen (secondary N) is 1. The van der Waals surface area contributed by atoms with Crippen molar-refractivity contribution in [1.29, 1.82) is 0 Å². The van der Waals surface area contributed by atoms with Gasteiger partial charge in [0, 0.05) is 12.6 Å². The molecule has 4 heteroatoms. The van der Waals surface area contributed by atoms with E-state index in [1.165, 1.54) is 0 Å². The van der Waals surface area contributed by atoms with Crippen LogP contribution >= 0.6 is 0 Å². The number of hydrogen-bond donors (Lipinski definition) is 1. The van der Waals surface area contributed by atoms with E-state index in [1.807, 2.05) is 0 Å². The molecule has 0 fully saturated rings. The number of ether oxygens (including phenoxy) is 3. The van der Waals surface area contributed by atoms with Crippen LogP contribution in [-0.4, -0.2) is 50.7 Å². The first-order valence-electron chi connectivity index (χ1n) is 8.25. The summed E-state index contributed by atoms with van der Waals surface area (Å²) in [6.07, 6.45) is 0.629. The smallest absolute Gasteiger partial charge is 0.0582 e. The lowest BCUT2D eigenvalue weighted by Crippen LogP contribution is -2.48. The molecule has 0 aromatic rings. The Hall–Kier alpha value is -0.160. The fraction of sp³-hybridized carbons (Fsp3) is 1.00. The molecule has 0 radical (unpaired) electrons. The zero-order chi connectivity index (χ0) is 16.5. The van der Waals surface area contributed by atoms with Gasteiger partial charge in [0.25, 0.3) is 0 Å². The van der Waals surface area contributed by atoms with Crippen LogP contribution in [0.1, 0.15) is 55.4 Å². The van der Waals surface area contributed by atoms with Gasteiger partial charge < -0.3 is 19.5 Å². The Morgan fingerprint density at radius 1 is 0.667 bits per heavy atom. The maximum Gasteiger partial charge on any atom is 0.0582 e. The quantitative estimate of drug-likeness (QED) is 0.601. The zero-order valence-corrected chi connectivity index (χ0v) is 15.4. The SMILES string of the molecule is CC(C)NCC(COC(C)C)(COC(C)C)COC(C)C. The second-order valence-corrected chi connectivity index (χ2v) is 7.11. The number of rotatable bonds is 12. The van der Waals surface area contributed by atoms with Gasteiger partial charge in [-0.05, 0) is 41.5 Å². The molecule has 0 saturated heterocycles. The van der Waals surface area contributed by atoms with Gasteiger partial charge in [-0.3, -0.25) is 0 Å². The number of hydrogen-bond acceptors (Lipinski definition) is 4. The fourth-order valence-corrected chi connectivity index (χ4v) is 1.73. The fourth-order valence-electron chi connectivity index (χ4n) is 1.73. The van der Waals surface area contributed by atoms with E-state index in [2.05, 4.69) is 60.7 Å². The summed E-state index contributed by atoms with van der Waals surface area (Å²) < 4.78 is 17.7. The third kappa shape index (κ3) is 11.1. The Bertz CT molecular complexity index is 199.